The van der Waals surface area contributed by atoms with Crippen LogP contribution in [0.15, 0.2) is 36.4 Å². The Kier molecular flexibility index (Phi) is 4.61. The molecule has 0 unspecified atom stereocenters. The molecule has 3 rings (SSSR count). The summed E-state index contributed by atoms with van der Waals surface area (Å²) in [5.74, 6) is 2.68. The quantitative estimate of drug-likeness (QED) is 0.661. The molecule has 0 radical (unpaired) electrons. The predicted octanol–water partition coefficient (Wildman–Crippen LogP) is 6.10. The maximum absolute atomic E-state index is 6.26. The van der Waals surface area contributed by atoms with Crippen LogP contribution in [0, 0.1) is 5.92 Å². The minimum atomic E-state index is 0.689. The summed E-state index contributed by atoms with van der Waals surface area (Å²) in [6, 6.07) is 13.3. The highest BCUT2D eigenvalue weighted by Gasteiger charge is 2.24. The number of anilines is 2. The Bertz CT molecular complexity index is 637. The molecule has 0 saturated heterocycles. The molecule has 1 aliphatic heterocycles. The molecule has 2 aromatic carbocycles. The largest absolute Gasteiger partial charge is 0.453 e. The lowest BCUT2D eigenvalue weighted by molar-refractivity contribution is 0.468. The Balaban J connectivity index is 2.03. The van der Waals surface area contributed by atoms with Crippen molar-refractivity contribution < 1.29 is 4.74 Å². The zero-order chi connectivity index (χ0) is 16.4. The molecule has 0 amide bonds. The normalized spacial score (nSPS) is 12.8. The Hall–Kier alpha value is -1.96. The van der Waals surface area contributed by atoms with Crippen LogP contribution in [0.2, 0.25) is 0 Å². The van der Waals surface area contributed by atoms with Gasteiger partial charge in [0.1, 0.15) is 0 Å². The molecule has 1 aliphatic rings. The van der Waals surface area contributed by atoms with Crippen molar-refractivity contribution in [2.75, 3.05) is 11.4 Å². The third kappa shape index (κ3) is 3.21. The predicted molar refractivity (Wildman–Crippen MR) is 98.2 cm³/mol. The van der Waals surface area contributed by atoms with Gasteiger partial charge in [0.15, 0.2) is 11.5 Å². The smallest absolute Gasteiger partial charge is 0.151 e. The molecule has 0 atom stereocenters. The van der Waals surface area contributed by atoms with Crippen molar-refractivity contribution in [3.8, 4) is 11.5 Å². The standard InChI is InChI=1S/C21H27NO/c1-5-16-7-9-18-20(13-16)23-21-14-17(6-2)8-10-19(21)22(18)12-11-15(3)4/h7-10,13-15H,5-6,11-12H2,1-4H3. The fraction of sp³-hybridized carbons (Fsp3) is 0.429. The summed E-state index contributed by atoms with van der Waals surface area (Å²) in [5, 5.41) is 0. The third-order valence-corrected chi connectivity index (χ3v) is 4.60. The summed E-state index contributed by atoms with van der Waals surface area (Å²) < 4.78 is 6.26. The molecule has 23 heavy (non-hydrogen) atoms. The number of rotatable bonds is 5. The van der Waals surface area contributed by atoms with Crippen LogP contribution < -0.4 is 9.64 Å². The van der Waals surface area contributed by atoms with Crippen molar-refractivity contribution in [3.63, 3.8) is 0 Å². The van der Waals surface area contributed by atoms with E-state index in [1.54, 1.807) is 0 Å². The second-order valence-electron chi connectivity index (χ2n) is 6.75. The first-order valence-electron chi connectivity index (χ1n) is 8.83. The van der Waals surface area contributed by atoms with Gasteiger partial charge in [0, 0.05) is 6.54 Å². The second-order valence-corrected chi connectivity index (χ2v) is 6.75. The zero-order valence-electron chi connectivity index (χ0n) is 14.7. The summed E-state index contributed by atoms with van der Waals surface area (Å²) in [5.41, 5.74) is 5.03. The molecule has 0 aromatic heterocycles. The van der Waals surface area contributed by atoms with E-state index in [0.29, 0.717) is 5.92 Å². The van der Waals surface area contributed by atoms with E-state index in [1.165, 1.54) is 28.9 Å². The Labute approximate surface area is 140 Å². The average molecular weight is 309 g/mol. The van der Waals surface area contributed by atoms with Crippen molar-refractivity contribution >= 4 is 11.4 Å². The molecule has 0 saturated carbocycles. The van der Waals surface area contributed by atoms with Gasteiger partial charge in [-0.05, 0) is 60.6 Å². The summed E-state index contributed by atoms with van der Waals surface area (Å²) in [4.78, 5) is 2.42. The number of fused-ring (bicyclic) bond motifs is 2. The van der Waals surface area contributed by atoms with Crippen molar-refractivity contribution in [1.29, 1.82) is 0 Å². The van der Waals surface area contributed by atoms with E-state index in [1.807, 2.05) is 0 Å². The van der Waals surface area contributed by atoms with Gasteiger partial charge in [-0.2, -0.15) is 0 Å². The Morgan fingerprint density at radius 3 is 1.83 bits per heavy atom. The first-order valence-corrected chi connectivity index (χ1v) is 8.83. The molecule has 2 nitrogen and oxygen atoms in total. The fourth-order valence-corrected chi connectivity index (χ4v) is 3.04. The van der Waals surface area contributed by atoms with Gasteiger partial charge in [0.2, 0.25) is 0 Å². The maximum Gasteiger partial charge on any atom is 0.151 e. The van der Waals surface area contributed by atoms with Crippen LogP contribution in [0.3, 0.4) is 0 Å². The maximum atomic E-state index is 6.26. The highest BCUT2D eigenvalue weighted by Crippen LogP contribution is 2.47. The van der Waals surface area contributed by atoms with Crippen molar-refractivity contribution in [2.24, 2.45) is 5.92 Å². The number of ether oxygens (including phenoxy) is 1. The first kappa shape index (κ1) is 15.9. The van der Waals surface area contributed by atoms with E-state index < -0.39 is 0 Å². The summed E-state index contributed by atoms with van der Waals surface area (Å²) in [6.07, 6.45) is 3.24. The van der Waals surface area contributed by atoms with Crippen LogP contribution in [-0.4, -0.2) is 6.54 Å². The lowest BCUT2D eigenvalue weighted by Gasteiger charge is -2.34. The number of nitrogens with zero attached hydrogens (tertiary/aromatic N) is 1. The molecule has 1 heterocycles. The highest BCUT2D eigenvalue weighted by atomic mass is 16.5. The van der Waals surface area contributed by atoms with Crippen molar-refractivity contribution in [3.05, 3.63) is 47.5 Å². The van der Waals surface area contributed by atoms with Crippen LogP contribution in [0.5, 0.6) is 11.5 Å². The van der Waals surface area contributed by atoms with E-state index in [4.69, 9.17) is 4.74 Å². The van der Waals surface area contributed by atoms with Crippen LogP contribution >= 0.6 is 0 Å². The molecular weight excluding hydrogens is 282 g/mol. The molecule has 0 N–H and O–H groups in total. The van der Waals surface area contributed by atoms with Gasteiger partial charge in [-0.3, -0.25) is 0 Å². The molecule has 122 valence electrons. The molecule has 0 aliphatic carbocycles. The number of benzene rings is 2. The second kappa shape index (κ2) is 6.66. The number of hydrogen-bond acceptors (Lipinski definition) is 2. The van der Waals surface area contributed by atoms with Gasteiger partial charge in [-0.15, -0.1) is 0 Å². The minimum Gasteiger partial charge on any atom is -0.453 e. The van der Waals surface area contributed by atoms with Gasteiger partial charge in [-0.1, -0.05) is 39.8 Å². The topological polar surface area (TPSA) is 12.5 Å². The monoisotopic (exact) mass is 309 g/mol. The van der Waals surface area contributed by atoms with Gasteiger partial charge >= 0.3 is 0 Å². The molecule has 0 bridgehead atoms. The average Bonchev–Trinajstić information content (AvgIpc) is 2.57. The van der Waals surface area contributed by atoms with Crippen LogP contribution in [0.4, 0.5) is 11.4 Å². The van der Waals surface area contributed by atoms with E-state index in [2.05, 4.69) is 69.0 Å². The lowest BCUT2D eigenvalue weighted by atomic mass is 10.0. The van der Waals surface area contributed by atoms with E-state index >= 15 is 0 Å². The highest BCUT2D eigenvalue weighted by molar-refractivity contribution is 5.78. The summed E-state index contributed by atoms with van der Waals surface area (Å²) in [7, 11) is 0. The molecule has 2 heteroatoms. The summed E-state index contributed by atoms with van der Waals surface area (Å²) >= 11 is 0. The van der Waals surface area contributed by atoms with Gasteiger partial charge in [-0.25, -0.2) is 0 Å². The lowest BCUT2D eigenvalue weighted by Crippen LogP contribution is -2.23. The van der Waals surface area contributed by atoms with Crippen molar-refractivity contribution in [2.45, 2.75) is 47.0 Å². The number of hydrogen-bond donors (Lipinski definition) is 0. The van der Waals surface area contributed by atoms with E-state index in [0.717, 1.165) is 30.9 Å². The first-order chi connectivity index (χ1) is 11.1. The molecule has 0 spiro atoms. The van der Waals surface area contributed by atoms with Gasteiger partial charge < -0.3 is 9.64 Å². The third-order valence-electron chi connectivity index (χ3n) is 4.60. The number of aryl methyl sites for hydroxylation is 2. The molecule has 2 aromatic rings. The molecule has 0 fully saturated rings. The Morgan fingerprint density at radius 1 is 0.870 bits per heavy atom. The van der Waals surface area contributed by atoms with E-state index in [9.17, 15) is 0 Å². The van der Waals surface area contributed by atoms with E-state index in [-0.39, 0.29) is 0 Å². The van der Waals surface area contributed by atoms with Crippen LogP contribution in [0.1, 0.15) is 45.2 Å². The summed E-state index contributed by atoms with van der Waals surface area (Å²) in [6.45, 7) is 9.96. The SMILES string of the molecule is CCc1ccc2c(c1)Oc1cc(CC)ccc1N2CCC(C)C. The van der Waals surface area contributed by atoms with Crippen LogP contribution in [-0.2, 0) is 12.8 Å². The Morgan fingerprint density at radius 2 is 1.39 bits per heavy atom. The van der Waals surface area contributed by atoms with Crippen molar-refractivity contribution in [1.82, 2.24) is 0 Å². The van der Waals surface area contributed by atoms with Crippen LogP contribution in [0.25, 0.3) is 0 Å². The molecular formula is C21H27NO. The van der Waals surface area contributed by atoms with Gasteiger partial charge in [0.25, 0.3) is 0 Å². The zero-order valence-corrected chi connectivity index (χ0v) is 14.7. The van der Waals surface area contributed by atoms with Gasteiger partial charge in [0.05, 0.1) is 11.4 Å². The minimum absolute atomic E-state index is 0.689. The fourth-order valence-electron chi connectivity index (χ4n) is 3.04.